The van der Waals surface area contributed by atoms with Crippen molar-refractivity contribution in [1.29, 1.82) is 0 Å². The van der Waals surface area contributed by atoms with Gasteiger partial charge in [0.05, 0.1) is 16.7 Å². The van der Waals surface area contributed by atoms with E-state index in [4.69, 9.17) is 9.31 Å². The maximum Gasteiger partial charge on any atom is 0.495 e. The van der Waals surface area contributed by atoms with Gasteiger partial charge in [-0.3, -0.25) is 9.97 Å². The molecule has 1 fully saturated rings. The molecule has 4 nitrogen and oxygen atoms in total. The summed E-state index contributed by atoms with van der Waals surface area (Å²) in [4.78, 5) is 8.50. The van der Waals surface area contributed by atoms with E-state index in [2.05, 4.69) is 37.7 Å². The van der Waals surface area contributed by atoms with Gasteiger partial charge in [-0.25, -0.2) is 0 Å². The summed E-state index contributed by atoms with van der Waals surface area (Å²) < 4.78 is 12.2. The molecule has 0 atom stereocenters. The molecule has 0 radical (unpaired) electrons. The summed E-state index contributed by atoms with van der Waals surface area (Å²) in [5, 5.41) is 0.975. The molecule has 1 aliphatic rings. The second-order valence-corrected chi connectivity index (χ2v) is 5.88. The van der Waals surface area contributed by atoms with E-state index in [0.717, 1.165) is 16.4 Å². The Kier molecular flexibility index (Phi) is 2.66. The Hall–Kier alpha value is -1.46. The van der Waals surface area contributed by atoms with Gasteiger partial charge in [-0.1, -0.05) is 0 Å². The van der Waals surface area contributed by atoms with Crippen molar-refractivity contribution in [3.8, 4) is 0 Å². The predicted octanol–water partition coefficient (Wildman–Crippen LogP) is 1.93. The number of nitrogens with zero attached hydrogens (tertiary/aromatic N) is 2. The molecule has 0 bridgehead atoms. The lowest BCUT2D eigenvalue weighted by molar-refractivity contribution is 0.00578. The molecule has 0 amide bonds. The summed E-state index contributed by atoms with van der Waals surface area (Å²) in [6.45, 7) is 8.20. The minimum atomic E-state index is -0.375. The molecule has 0 saturated carbocycles. The summed E-state index contributed by atoms with van der Waals surface area (Å²) in [5.41, 5.74) is 1.21. The highest BCUT2D eigenvalue weighted by Crippen LogP contribution is 2.36. The van der Waals surface area contributed by atoms with Crippen LogP contribution in [0.2, 0.25) is 0 Å². The van der Waals surface area contributed by atoms with Crippen molar-refractivity contribution >= 4 is 23.5 Å². The normalized spacial score (nSPS) is 20.9. The zero-order chi connectivity index (χ0) is 13.7. The topological polar surface area (TPSA) is 44.2 Å². The minimum Gasteiger partial charge on any atom is -0.399 e. The van der Waals surface area contributed by atoms with Crippen molar-refractivity contribution in [2.45, 2.75) is 38.9 Å². The zero-order valence-corrected chi connectivity index (χ0v) is 11.7. The zero-order valence-electron chi connectivity index (χ0n) is 11.7. The summed E-state index contributed by atoms with van der Waals surface area (Å²) >= 11 is 0. The fraction of sp³-hybridized carbons (Fsp3) is 0.429. The number of hydrogen-bond acceptors (Lipinski definition) is 4. The van der Waals surface area contributed by atoms with Gasteiger partial charge in [-0.2, -0.15) is 0 Å². The van der Waals surface area contributed by atoms with Gasteiger partial charge < -0.3 is 9.31 Å². The third-order valence-electron chi connectivity index (χ3n) is 4.08. The molecule has 3 rings (SSSR count). The fourth-order valence-electron chi connectivity index (χ4n) is 2.19. The van der Waals surface area contributed by atoms with Crippen molar-refractivity contribution in [3.63, 3.8) is 0 Å². The number of aromatic nitrogens is 2. The van der Waals surface area contributed by atoms with Crippen LogP contribution in [-0.4, -0.2) is 28.3 Å². The van der Waals surface area contributed by atoms with Crippen LogP contribution < -0.4 is 5.46 Å². The molecule has 2 aromatic heterocycles. The van der Waals surface area contributed by atoms with Gasteiger partial charge in [0.2, 0.25) is 0 Å². The van der Waals surface area contributed by atoms with Gasteiger partial charge in [0.25, 0.3) is 0 Å². The molecule has 5 heteroatoms. The van der Waals surface area contributed by atoms with Crippen molar-refractivity contribution in [2.24, 2.45) is 0 Å². The average molecular weight is 256 g/mol. The Morgan fingerprint density at radius 3 is 2.37 bits per heavy atom. The van der Waals surface area contributed by atoms with Crippen molar-refractivity contribution in [1.82, 2.24) is 9.97 Å². The largest absolute Gasteiger partial charge is 0.495 e. The van der Waals surface area contributed by atoms with Gasteiger partial charge in [0.15, 0.2) is 0 Å². The molecular formula is C14H17BN2O2. The molecule has 0 N–H and O–H groups in total. The first-order valence-electron chi connectivity index (χ1n) is 6.45. The molecule has 2 aromatic rings. The van der Waals surface area contributed by atoms with Crippen molar-refractivity contribution < 1.29 is 9.31 Å². The molecule has 98 valence electrons. The second kappa shape index (κ2) is 4.02. The molecule has 1 saturated heterocycles. The van der Waals surface area contributed by atoms with E-state index in [1.165, 1.54) is 0 Å². The van der Waals surface area contributed by atoms with Gasteiger partial charge in [0.1, 0.15) is 0 Å². The van der Waals surface area contributed by atoms with Crippen LogP contribution in [0.25, 0.3) is 10.9 Å². The van der Waals surface area contributed by atoms with Gasteiger partial charge in [0, 0.05) is 24.0 Å². The molecular weight excluding hydrogens is 239 g/mol. The molecule has 0 spiro atoms. The summed E-state index contributed by atoms with van der Waals surface area (Å²) in [7, 11) is -0.375. The van der Waals surface area contributed by atoms with Crippen LogP contribution in [0.1, 0.15) is 27.7 Å². The SMILES string of the molecule is CC1(C)OB(c2ccnc3ccncc23)OC1(C)C. The number of hydrogen-bond donors (Lipinski definition) is 0. The number of fused-ring (bicyclic) bond motifs is 1. The lowest BCUT2D eigenvalue weighted by Gasteiger charge is -2.32. The summed E-state index contributed by atoms with van der Waals surface area (Å²) in [6, 6.07) is 3.83. The lowest BCUT2D eigenvalue weighted by Crippen LogP contribution is -2.41. The minimum absolute atomic E-state index is 0.338. The number of rotatable bonds is 1. The van der Waals surface area contributed by atoms with Crippen LogP contribution in [0.15, 0.2) is 30.7 Å². The standard InChI is InChI=1S/C14H17BN2O2/c1-13(2)14(3,4)19-15(18-13)11-5-8-17-12-6-7-16-9-10(11)12/h5-9H,1-4H3. The summed E-state index contributed by atoms with van der Waals surface area (Å²) in [6.07, 6.45) is 5.33. The third-order valence-corrected chi connectivity index (χ3v) is 4.08. The van der Waals surface area contributed by atoms with Crippen LogP contribution in [-0.2, 0) is 9.31 Å². The highest BCUT2D eigenvalue weighted by molar-refractivity contribution is 6.65. The molecule has 3 heterocycles. The quantitative estimate of drug-likeness (QED) is 0.731. The van der Waals surface area contributed by atoms with E-state index < -0.39 is 0 Å². The summed E-state index contributed by atoms with van der Waals surface area (Å²) in [5.74, 6) is 0. The Labute approximate surface area is 113 Å². The molecule has 0 aliphatic carbocycles. The van der Waals surface area contributed by atoms with E-state index in [1.54, 1.807) is 12.4 Å². The van der Waals surface area contributed by atoms with Gasteiger partial charge >= 0.3 is 7.12 Å². The van der Waals surface area contributed by atoms with Crippen LogP contribution >= 0.6 is 0 Å². The van der Waals surface area contributed by atoms with Crippen LogP contribution in [0, 0.1) is 0 Å². The highest BCUT2D eigenvalue weighted by atomic mass is 16.7. The average Bonchev–Trinajstić information content (AvgIpc) is 2.58. The predicted molar refractivity (Wildman–Crippen MR) is 75.3 cm³/mol. The monoisotopic (exact) mass is 256 g/mol. The Morgan fingerprint density at radius 1 is 1.00 bits per heavy atom. The van der Waals surface area contributed by atoms with E-state index in [-0.39, 0.29) is 18.3 Å². The van der Waals surface area contributed by atoms with E-state index in [0.29, 0.717) is 0 Å². The first-order chi connectivity index (χ1) is 8.91. The van der Waals surface area contributed by atoms with E-state index in [1.807, 2.05) is 18.3 Å². The Balaban J connectivity index is 2.08. The first kappa shape index (κ1) is 12.6. The maximum absolute atomic E-state index is 6.08. The van der Waals surface area contributed by atoms with Gasteiger partial charge in [-0.05, 0) is 45.3 Å². The first-order valence-corrected chi connectivity index (χ1v) is 6.45. The molecule has 0 unspecified atom stereocenters. The second-order valence-electron chi connectivity index (χ2n) is 5.88. The maximum atomic E-state index is 6.08. The Bertz CT molecular complexity index is 606. The highest BCUT2D eigenvalue weighted by Gasteiger charge is 2.52. The van der Waals surface area contributed by atoms with Crippen LogP contribution in [0.3, 0.4) is 0 Å². The Morgan fingerprint density at radius 2 is 1.68 bits per heavy atom. The number of pyridine rings is 2. The third kappa shape index (κ3) is 1.93. The molecule has 19 heavy (non-hydrogen) atoms. The smallest absolute Gasteiger partial charge is 0.399 e. The van der Waals surface area contributed by atoms with Crippen LogP contribution in [0.4, 0.5) is 0 Å². The van der Waals surface area contributed by atoms with E-state index in [9.17, 15) is 0 Å². The molecule has 0 aromatic carbocycles. The van der Waals surface area contributed by atoms with Crippen molar-refractivity contribution in [3.05, 3.63) is 30.7 Å². The van der Waals surface area contributed by atoms with E-state index >= 15 is 0 Å². The molecule has 1 aliphatic heterocycles. The lowest BCUT2D eigenvalue weighted by atomic mass is 9.77. The van der Waals surface area contributed by atoms with Crippen molar-refractivity contribution in [2.75, 3.05) is 0 Å². The van der Waals surface area contributed by atoms with Crippen LogP contribution in [0.5, 0.6) is 0 Å². The fourth-order valence-corrected chi connectivity index (χ4v) is 2.19. The van der Waals surface area contributed by atoms with Gasteiger partial charge in [-0.15, -0.1) is 0 Å².